The molecule has 2 aromatic carbocycles. The molecule has 0 amide bonds. The third-order valence-electron chi connectivity index (χ3n) is 4.42. The van der Waals surface area contributed by atoms with Gasteiger partial charge >= 0.3 is 11.9 Å². The highest BCUT2D eigenvalue weighted by molar-refractivity contribution is 5.87. The van der Waals surface area contributed by atoms with Gasteiger partial charge in [0.05, 0.1) is 6.21 Å². The number of aromatic nitrogens is 1. The van der Waals surface area contributed by atoms with Crippen LogP contribution in [0.4, 0.5) is 0 Å². The van der Waals surface area contributed by atoms with Gasteiger partial charge in [-0.25, -0.2) is 9.78 Å². The summed E-state index contributed by atoms with van der Waals surface area (Å²) in [7, 11) is 0. The molecule has 0 aliphatic rings. The number of benzene rings is 2. The summed E-state index contributed by atoms with van der Waals surface area (Å²) in [6, 6.07) is 12.7. The van der Waals surface area contributed by atoms with E-state index in [1.165, 1.54) is 6.21 Å². The predicted molar refractivity (Wildman–Crippen MR) is 99.6 cm³/mol. The van der Waals surface area contributed by atoms with Gasteiger partial charge in [-0.15, -0.1) is 0 Å². The average Bonchev–Trinajstić information content (AvgIpc) is 3.01. The van der Waals surface area contributed by atoms with E-state index in [9.17, 15) is 15.0 Å². The van der Waals surface area contributed by atoms with Crippen LogP contribution >= 0.6 is 0 Å². The van der Waals surface area contributed by atoms with Crippen molar-refractivity contribution in [2.75, 3.05) is 0 Å². The molecule has 0 aliphatic heterocycles. The summed E-state index contributed by atoms with van der Waals surface area (Å²) < 4.78 is 5.33. The molecule has 6 nitrogen and oxygen atoms in total. The topological polar surface area (TPSA) is 95.9 Å². The second-order valence-electron chi connectivity index (χ2n) is 6.22. The Bertz CT molecular complexity index is 961. The Kier molecular flexibility index (Phi) is 5.02. The smallest absolute Gasteiger partial charge is 0.328 e. The number of oxazole rings is 1. The highest BCUT2D eigenvalue weighted by atomic mass is 16.5. The lowest BCUT2D eigenvalue weighted by molar-refractivity contribution is -0.139. The molecule has 0 bridgehead atoms. The molecule has 1 heterocycles. The van der Waals surface area contributed by atoms with Crippen LogP contribution < -0.4 is 0 Å². The zero-order valence-corrected chi connectivity index (χ0v) is 14.6. The van der Waals surface area contributed by atoms with Crippen LogP contribution in [0.15, 0.2) is 51.9 Å². The minimum Gasteiger partial charge on any atom is -0.480 e. The minimum atomic E-state index is -1.01. The first-order chi connectivity index (χ1) is 12.5. The van der Waals surface area contributed by atoms with E-state index in [2.05, 4.69) is 9.98 Å². The van der Waals surface area contributed by atoms with E-state index < -0.39 is 12.0 Å². The van der Waals surface area contributed by atoms with Crippen molar-refractivity contribution in [2.24, 2.45) is 10.9 Å². The maximum absolute atomic E-state index is 11.3. The number of hydrogen-bond donors (Lipinski definition) is 2. The lowest BCUT2D eigenvalue weighted by Gasteiger charge is -2.13. The molecule has 0 radical (unpaired) electrons. The van der Waals surface area contributed by atoms with Gasteiger partial charge in [-0.3, -0.25) is 4.99 Å². The zero-order valence-electron chi connectivity index (χ0n) is 14.6. The average molecular weight is 352 g/mol. The lowest BCUT2D eigenvalue weighted by atomic mass is 10.00. The number of carboxylic acid groups (broad SMARTS) is 1. The number of hydrogen-bond acceptors (Lipinski definition) is 5. The first-order valence-corrected chi connectivity index (χ1v) is 8.44. The molecule has 134 valence electrons. The van der Waals surface area contributed by atoms with E-state index >= 15 is 0 Å². The Hall–Kier alpha value is -3.15. The van der Waals surface area contributed by atoms with Crippen molar-refractivity contribution in [1.29, 1.82) is 0 Å². The third-order valence-corrected chi connectivity index (χ3v) is 4.42. The summed E-state index contributed by atoms with van der Waals surface area (Å²) in [4.78, 5) is 19.7. The Morgan fingerprint density at radius 3 is 2.69 bits per heavy atom. The SMILES string of the molecule is CC[C@H](C)[C@H](N=Cc1nc(-c2ccc3ccccc3c2)oc1O)C(=O)O. The number of carboxylic acids is 1. The fourth-order valence-electron chi connectivity index (χ4n) is 2.68. The largest absolute Gasteiger partial charge is 0.480 e. The Balaban J connectivity index is 1.90. The van der Waals surface area contributed by atoms with Crippen molar-refractivity contribution < 1.29 is 19.4 Å². The van der Waals surface area contributed by atoms with Gasteiger partial charge in [0.2, 0.25) is 5.89 Å². The van der Waals surface area contributed by atoms with Gasteiger partial charge in [0.1, 0.15) is 6.04 Å². The summed E-state index contributed by atoms with van der Waals surface area (Å²) in [5, 5.41) is 21.4. The minimum absolute atomic E-state index is 0.114. The van der Waals surface area contributed by atoms with Crippen LogP contribution in [-0.4, -0.2) is 33.4 Å². The molecule has 3 rings (SSSR count). The maximum Gasteiger partial charge on any atom is 0.328 e. The molecule has 0 saturated carbocycles. The van der Waals surface area contributed by atoms with Gasteiger partial charge in [-0.2, -0.15) is 0 Å². The molecule has 2 atom stereocenters. The van der Waals surface area contributed by atoms with Gasteiger partial charge in [-0.1, -0.05) is 50.6 Å². The number of aliphatic imine (C=N–C) groups is 1. The van der Waals surface area contributed by atoms with Crippen molar-refractivity contribution in [3.05, 3.63) is 48.2 Å². The standard InChI is InChI=1S/C20H20N2O4/c1-3-12(2)17(19(23)24)21-11-16-20(25)26-18(22-16)15-9-8-13-6-4-5-7-14(13)10-15/h4-12,17,25H,3H2,1-2H3,(H,23,24)/t12-,17-/m0/s1. The van der Waals surface area contributed by atoms with Gasteiger partial charge in [0, 0.05) is 5.56 Å². The highest BCUT2D eigenvalue weighted by Gasteiger charge is 2.22. The molecule has 1 aromatic heterocycles. The van der Waals surface area contributed by atoms with E-state index in [1.54, 1.807) is 0 Å². The van der Waals surface area contributed by atoms with Crippen molar-refractivity contribution in [3.8, 4) is 17.4 Å². The van der Waals surface area contributed by atoms with Gasteiger partial charge in [0.25, 0.3) is 0 Å². The Morgan fingerprint density at radius 2 is 2.00 bits per heavy atom. The van der Waals surface area contributed by atoms with Gasteiger partial charge in [-0.05, 0) is 28.8 Å². The number of aliphatic carboxylic acids is 1. The lowest BCUT2D eigenvalue weighted by Crippen LogP contribution is -2.25. The van der Waals surface area contributed by atoms with Crippen molar-refractivity contribution in [1.82, 2.24) is 4.98 Å². The second kappa shape index (κ2) is 7.39. The Labute approximate surface area is 150 Å². The van der Waals surface area contributed by atoms with E-state index in [0.29, 0.717) is 6.42 Å². The monoisotopic (exact) mass is 352 g/mol. The zero-order chi connectivity index (χ0) is 18.7. The normalized spacial score (nSPS) is 13.9. The van der Waals surface area contributed by atoms with Crippen LogP contribution in [0.2, 0.25) is 0 Å². The van der Waals surface area contributed by atoms with E-state index in [-0.39, 0.29) is 23.4 Å². The maximum atomic E-state index is 11.3. The van der Waals surface area contributed by atoms with Crippen molar-refractivity contribution >= 4 is 23.0 Å². The van der Waals surface area contributed by atoms with Crippen LogP contribution in [0.25, 0.3) is 22.2 Å². The first-order valence-electron chi connectivity index (χ1n) is 8.44. The molecule has 0 spiro atoms. The van der Waals surface area contributed by atoms with E-state index in [1.807, 2.05) is 56.3 Å². The molecular weight excluding hydrogens is 332 g/mol. The van der Waals surface area contributed by atoms with Crippen LogP contribution in [0.5, 0.6) is 5.95 Å². The summed E-state index contributed by atoms with van der Waals surface area (Å²) >= 11 is 0. The van der Waals surface area contributed by atoms with E-state index in [4.69, 9.17) is 4.42 Å². The predicted octanol–water partition coefficient (Wildman–Crippen LogP) is 4.12. The number of nitrogens with zero attached hydrogens (tertiary/aromatic N) is 2. The molecule has 0 aliphatic carbocycles. The van der Waals surface area contributed by atoms with Crippen LogP contribution in [0, 0.1) is 5.92 Å². The molecule has 26 heavy (non-hydrogen) atoms. The van der Waals surface area contributed by atoms with Crippen LogP contribution in [-0.2, 0) is 4.79 Å². The molecular formula is C20H20N2O4. The van der Waals surface area contributed by atoms with Crippen molar-refractivity contribution in [3.63, 3.8) is 0 Å². The fourth-order valence-corrected chi connectivity index (χ4v) is 2.68. The summed E-state index contributed by atoms with van der Waals surface area (Å²) in [6.45, 7) is 3.72. The molecule has 3 aromatic rings. The quantitative estimate of drug-likeness (QED) is 0.651. The highest BCUT2D eigenvalue weighted by Crippen LogP contribution is 2.28. The molecule has 6 heteroatoms. The summed E-state index contributed by atoms with van der Waals surface area (Å²) in [6.07, 6.45) is 1.94. The first kappa shape index (κ1) is 17.7. The van der Waals surface area contributed by atoms with Gasteiger partial charge in [0.15, 0.2) is 5.69 Å². The third kappa shape index (κ3) is 3.59. The number of fused-ring (bicyclic) bond motifs is 1. The number of aromatic hydroxyl groups is 1. The molecule has 2 N–H and O–H groups in total. The Morgan fingerprint density at radius 1 is 1.27 bits per heavy atom. The molecule has 0 unspecified atom stereocenters. The summed E-state index contributed by atoms with van der Waals surface area (Å²) in [5.74, 6) is -1.26. The molecule has 0 saturated heterocycles. The number of carbonyl (C=O) groups is 1. The van der Waals surface area contributed by atoms with Crippen LogP contribution in [0.3, 0.4) is 0 Å². The fraction of sp³-hybridized carbons (Fsp3) is 0.250. The number of rotatable bonds is 6. The summed E-state index contributed by atoms with van der Waals surface area (Å²) in [5.41, 5.74) is 0.832. The second-order valence-corrected chi connectivity index (χ2v) is 6.22. The van der Waals surface area contributed by atoms with Crippen LogP contribution in [0.1, 0.15) is 26.0 Å². The van der Waals surface area contributed by atoms with E-state index in [0.717, 1.165) is 16.3 Å². The van der Waals surface area contributed by atoms with Gasteiger partial charge < -0.3 is 14.6 Å². The van der Waals surface area contributed by atoms with Crippen molar-refractivity contribution in [2.45, 2.75) is 26.3 Å². The molecule has 0 fully saturated rings.